The van der Waals surface area contributed by atoms with Crippen molar-refractivity contribution >= 4 is 17.7 Å². The number of nitrogens with one attached hydrogen (secondary N) is 1. The van der Waals surface area contributed by atoms with Gasteiger partial charge in [-0.05, 0) is 19.1 Å². The minimum Gasteiger partial charge on any atom is -0.497 e. The monoisotopic (exact) mass is 321 g/mol. The minimum atomic E-state index is -0.725. The van der Waals surface area contributed by atoms with Crippen LogP contribution in [0.4, 0.5) is 10.5 Å². The number of benzene rings is 1. The lowest BCUT2D eigenvalue weighted by Crippen LogP contribution is -2.54. The molecule has 7 heteroatoms. The molecule has 0 spiro atoms. The van der Waals surface area contributed by atoms with Gasteiger partial charge in [0.15, 0.2) is 0 Å². The number of alkyl carbamates (subject to hydrolysis) is 1. The molecule has 1 heterocycles. The highest BCUT2D eigenvalue weighted by Gasteiger charge is 2.26. The molecule has 1 aromatic rings. The van der Waals surface area contributed by atoms with Gasteiger partial charge in [0, 0.05) is 37.9 Å². The van der Waals surface area contributed by atoms with E-state index in [-0.39, 0.29) is 11.9 Å². The van der Waals surface area contributed by atoms with Gasteiger partial charge in [0.1, 0.15) is 5.75 Å². The first kappa shape index (κ1) is 17.1. The molecule has 1 fully saturated rings. The smallest absolute Gasteiger partial charge is 0.413 e. The van der Waals surface area contributed by atoms with Crippen molar-refractivity contribution in [3.8, 4) is 5.75 Å². The van der Waals surface area contributed by atoms with E-state index in [1.54, 1.807) is 14.0 Å². The molecule has 7 nitrogen and oxygen atoms in total. The molecule has 0 aromatic heterocycles. The zero-order chi connectivity index (χ0) is 16.8. The standard InChI is InChI=1S/C16H23N3O4/c1-12(15(20)17-16(21)23-3)18-7-9-19(10-8-18)13-5-4-6-14(11-13)22-2/h4-6,11-12H,7-10H2,1-3H3,(H,17,20,21)/t12-/m0/s1. The van der Waals surface area contributed by atoms with Gasteiger partial charge in [0.05, 0.1) is 20.3 Å². The van der Waals surface area contributed by atoms with Gasteiger partial charge in [-0.1, -0.05) is 6.07 Å². The van der Waals surface area contributed by atoms with E-state index in [1.807, 2.05) is 24.3 Å². The number of carbonyl (C=O) groups is 2. The van der Waals surface area contributed by atoms with Gasteiger partial charge in [-0.3, -0.25) is 15.0 Å². The number of rotatable bonds is 4. The summed E-state index contributed by atoms with van der Waals surface area (Å²) in [7, 11) is 2.89. The number of piperazine rings is 1. The van der Waals surface area contributed by atoms with E-state index in [0.717, 1.165) is 37.6 Å². The van der Waals surface area contributed by atoms with Crippen molar-refractivity contribution in [2.75, 3.05) is 45.3 Å². The van der Waals surface area contributed by atoms with Gasteiger partial charge in [-0.2, -0.15) is 0 Å². The molecule has 23 heavy (non-hydrogen) atoms. The third-order valence-corrected chi connectivity index (χ3v) is 4.07. The summed E-state index contributed by atoms with van der Waals surface area (Å²) in [6, 6.07) is 7.56. The molecular formula is C16H23N3O4. The third kappa shape index (κ3) is 4.35. The van der Waals surface area contributed by atoms with E-state index in [4.69, 9.17) is 4.74 Å². The van der Waals surface area contributed by atoms with Crippen LogP contribution in [-0.4, -0.2) is 63.3 Å². The summed E-state index contributed by atoms with van der Waals surface area (Å²) in [6.45, 7) is 4.89. The van der Waals surface area contributed by atoms with Gasteiger partial charge in [0.25, 0.3) is 0 Å². The molecule has 0 saturated carbocycles. The van der Waals surface area contributed by atoms with E-state index >= 15 is 0 Å². The number of ether oxygens (including phenoxy) is 2. The Balaban J connectivity index is 1.90. The van der Waals surface area contributed by atoms with Crippen LogP contribution in [0.3, 0.4) is 0 Å². The second-order valence-corrected chi connectivity index (χ2v) is 5.38. The molecule has 1 aliphatic rings. The Labute approximate surface area is 136 Å². The molecule has 126 valence electrons. The number of hydrogen-bond donors (Lipinski definition) is 1. The maximum absolute atomic E-state index is 12.0. The SMILES string of the molecule is COC(=O)NC(=O)[C@H](C)N1CCN(c2cccc(OC)c2)CC1. The second kappa shape index (κ2) is 7.82. The van der Waals surface area contributed by atoms with Crippen molar-refractivity contribution < 1.29 is 19.1 Å². The fourth-order valence-corrected chi connectivity index (χ4v) is 2.60. The lowest BCUT2D eigenvalue weighted by atomic mass is 10.2. The van der Waals surface area contributed by atoms with Crippen LogP contribution < -0.4 is 15.0 Å². The van der Waals surface area contributed by atoms with E-state index < -0.39 is 6.09 Å². The average Bonchev–Trinajstić information content (AvgIpc) is 2.61. The van der Waals surface area contributed by atoms with Crippen molar-refractivity contribution in [1.82, 2.24) is 10.2 Å². The number of carbonyl (C=O) groups excluding carboxylic acids is 2. The van der Waals surface area contributed by atoms with Crippen LogP contribution in [-0.2, 0) is 9.53 Å². The summed E-state index contributed by atoms with van der Waals surface area (Å²) < 4.78 is 9.70. The average molecular weight is 321 g/mol. The van der Waals surface area contributed by atoms with Crippen LogP contribution in [0.15, 0.2) is 24.3 Å². The van der Waals surface area contributed by atoms with E-state index in [9.17, 15) is 9.59 Å². The quantitative estimate of drug-likeness (QED) is 0.895. The summed E-state index contributed by atoms with van der Waals surface area (Å²) in [5.74, 6) is 0.488. The molecule has 1 aliphatic heterocycles. The first-order valence-electron chi connectivity index (χ1n) is 7.57. The Morgan fingerprint density at radius 3 is 2.48 bits per heavy atom. The number of anilines is 1. The molecule has 0 radical (unpaired) electrons. The highest BCUT2D eigenvalue weighted by Crippen LogP contribution is 2.22. The van der Waals surface area contributed by atoms with Gasteiger partial charge < -0.3 is 14.4 Å². The Kier molecular flexibility index (Phi) is 5.81. The minimum absolute atomic E-state index is 0.341. The number of hydrogen-bond acceptors (Lipinski definition) is 6. The molecule has 0 aliphatic carbocycles. The summed E-state index contributed by atoms with van der Waals surface area (Å²) in [4.78, 5) is 27.4. The Morgan fingerprint density at radius 2 is 1.87 bits per heavy atom. The highest BCUT2D eigenvalue weighted by molar-refractivity contribution is 5.94. The fourth-order valence-electron chi connectivity index (χ4n) is 2.60. The number of nitrogens with zero attached hydrogens (tertiary/aromatic N) is 2. The molecule has 1 aromatic carbocycles. The van der Waals surface area contributed by atoms with Crippen molar-refractivity contribution in [2.45, 2.75) is 13.0 Å². The van der Waals surface area contributed by atoms with Crippen molar-refractivity contribution in [3.05, 3.63) is 24.3 Å². The highest BCUT2D eigenvalue weighted by atomic mass is 16.5. The van der Waals surface area contributed by atoms with Crippen LogP contribution in [0.5, 0.6) is 5.75 Å². The lowest BCUT2D eigenvalue weighted by molar-refractivity contribution is -0.125. The van der Waals surface area contributed by atoms with Crippen molar-refractivity contribution in [2.24, 2.45) is 0 Å². The molecule has 1 N–H and O–H groups in total. The topological polar surface area (TPSA) is 71.1 Å². The summed E-state index contributed by atoms with van der Waals surface area (Å²) in [5, 5.41) is 2.21. The normalized spacial score (nSPS) is 16.6. The van der Waals surface area contributed by atoms with Crippen LogP contribution in [0.1, 0.15) is 6.92 Å². The predicted octanol–water partition coefficient (Wildman–Crippen LogP) is 1.09. The zero-order valence-electron chi connectivity index (χ0n) is 13.7. The van der Waals surface area contributed by atoms with Crippen LogP contribution in [0.25, 0.3) is 0 Å². The molecule has 0 unspecified atom stereocenters. The van der Waals surface area contributed by atoms with Crippen LogP contribution in [0.2, 0.25) is 0 Å². The Bertz CT molecular complexity index is 556. The lowest BCUT2D eigenvalue weighted by Gasteiger charge is -2.38. The summed E-state index contributed by atoms with van der Waals surface area (Å²) >= 11 is 0. The molecular weight excluding hydrogens is 298 g/mol. The number of methoxy groups -OCH3 is 2. The first-order valence-corrected chi connectivity index (χ1v) is 7.57. The zero-order valence-corrected chi connectivity index (χ0v) is 13.7. The van der Waals surface area contributed by atoms with E-state index in [0.29, 0.717) is 0 Å². The third-order valence-electron chi connectivity index (χ3n) is 4.07. The number of amides is 2. The molecule has 2 rings (SSSR count). The van der Waals surface area contributed by atoms with Crippen LogP contribution >= 0.6 is 0 Å². The maximum Gasteiger partial charge on any atom is 0.413 e. The second-order valence-electron chi connectivity index (χ2n) is 5.38. The van der Waals surface area contributed by atoms with E-state index in [1.165, 1.54) is 7.11 Å². The van der Waals surface area contributed by atoms with Crippen LogP contribution in [0, 0.1) is 0 Å². The molecule has 1 saturated heterocycles. The Morgan fingerprint density at radius 1 is 1.17 bits per heavy atom. The molecule has 2 amide bonds. The Hall–Kier alpha value is -2.28. The molecule has 0 bridgehead atoms. The maximum atomic E-state index is 12.0. The fraction of sp³-hybridized carbons (Fsp3) is 0.500. The molecule has 1 atom stereocenters. The van der Waals surface area contributed by atoms with Crippen molar-refractivity contribution in [1.29, 1.82) is 0 Å². The predicted molar refractivity (Wildman–Crippen MR) is 86.8 cm³/mol. The largest absolute Gasteiger partial charge is 0.497 e. The summed E-state index contributed by atoms with van der Waals surface area (Å²) in [6.07, 6.45) is -0.725. The van der Waals surface area contributed by atoms with Gasteiger partial charge in [-0.15, -0.1) is 0 Å². The van der Waals surface area contributed by atoms with Gasteiger partial charge in [-0.25, -0.2) is 4.79 Å². The van der Waals surface area contributed by atoms with Gasteiger partial charge in [0.2, 0.25) is 5.91 Å². The first-order chi connectivity index (χ1) is 11.0. The van der Waals surface area contributed by atoms with Crippen molar-refractivity contribution in [3.63, 3.8) is 0 Å². The summed E-state index contributed by atoms with van der Waals surface area (Å²) in [5.41, 5.74) is 1.11. The number of imide groups is 1. The van der Waals surface area contributed by atoms with E-state index in [2.05, 4.69) is 19.9 Å². The van der Waals surface area contributed by atoms with Gasteiger partial charge >= 0.3 is 6.09 Å².